The molecule has 1 amide bonds. The fourth-order valence-electron chi connectivity index (χ4n) is 2.82. The summed E-state index contributed by atoms with van der Waals surface area (Å²) in [5.74, 6) is 0.621. The third-order valence-corrected chi connectivity index (χ3v) is 5.38. The zero-order chi connectivity index (χ0) is 20.8. The highest BCUT2D eigenvalue weighted by Gasteiger charge is 2.09. The minimum atomic E-state index is -0.106. The largest absolute Gasteiger partial charge is 0.486 e. The van der Waals surface area contributed by atoms with Crippen molar-refractivity contribution in [2.75, 3.05) is 5.32 Å². The fourth-order valence-corrected chi connectivity index (χ4v) is 3.65. The Morgan fingerprint density at radius 3 is 2.67 bits per heavy atom. The van der Waals surface area contributed by atoms with Gasteiger partial charge in [-0.25, -0.2) is 4.98 Å². The lowest BCUT2D eigenvalue weighted by Gasteiger charge is -2.06. The normalized spacial score (nSPS) is 10.7. The number of carbonyl (C=O) groups is 1. The van der Waals surface area contributed by atoms with Gasteiger partial charge < -0.3 is 10.1 Å². The van der Waals surface area contributed by atoms with Crippen molar-refractivity contribution in [3.05, 3.63) is 93.7 Å². The van der Waals surface area contributed by atoms with Crippen LogP contribution in [0.5, 0.6) is 5.75 Å². The third kappa shape index (κ3) is 5.68. The molecule has 0 bridgehead atoms. The van der Waals surface area contributed by atoms with Gasteiger partial charge in [-0.05, 0) is 48.0 Å². The zero-order valence-electron chi connectivity index (χ0n) is 16.0. The van der Waals surface area contributed by atoms with Crippen LogP contribution in [0.4, 0.5) is 5.69 Å². The second-order valence-corrected chi connectivity index (χ2v) is 7.98. The van der Waals surface area contributed by atoms with Crippen LogP contribution in [0.25, 0.3) is 0 Å². The average molecular weight is 439 g/mol. The Morgan fingerprint density at radius 1 is 1.13 bits per heavy atom. The van der Waals surface area contributed by atoms with Crippen molar-refractivity contribution in [1.29, 1.82) is 0 Å². The SMILES string of the molecule is O=C(Cc1csc(COc2ccc(Cl)cc2)n1)Nc1ccc(Cn2cccn2)cc1. The van der Waals surface area contributed by atoms with Gasteiger partial charge in [0, 0.05) is 28.5 Å². The summed E-state index contributed by atoms with van der Waals surface area (Å²) in [4.78, 5) is 16.8. The molecule has 30 heavy (non-hydrogen) atoms. The number of nitrogens with zero attached hydrogens (tertiary/aromatic N) is 3. The van der Waals surface area contributed by atoms with Crippen LogP contribution in [0.2, 0.25) is 5.02 Å². The maximum absolute atomic E-state index is 12.3. The van der Waals surface area contributed by atoms with E-state index in [1.54, 1.807) is 18.3 Å². The molecule has 0 aliphatic heterocycles. The molecular weight excluding hydrogens is 420 g/mol. The minimum absolute atomic E-state index is 0.106. The highest BCUT2D eigenvalue weighted by molar-refractivity contribution is 7.09. The highest BCUT2D eigenvalue weighted by Crippen LogP contribution is 2.19. The van der Waals surface area contributed by atoms with Crippen LogP contribution < -0.4 is 10.1 Å². The van der Waals surface area contributed by atoms with E-state index in [2.05, 4.69) is 15.4 Å². The van der Waals surface area contributed by atoms with Gasteiger partial charge in [-0.1, -0.05) is 23.7 Å². The molecule has 2 aromatic heterocycles. The van der Waals surface area contributed by atoms with Gasteiger partial charge in [0.15, 0.2) is 0 Å². The van der Waals surface area contributed by atoms with Gasteiger partial charge in [0.25, 0.3) is 0 Å². The summed E-state index contributed by atoms with van der Waals surface area (Å²) in [5, 5.41) is 10.5. The van der Waals surface area contributed by atoms with Gasteiger partial charge in [-0.2, -0.15) is 5.10 Å². The van der Waals surface area contributed by atoms with E-state index in [1.165, 1.54) is 11.3 Å². The summed E-state index contributed by atoms with van der Waals surface area (Å²) in [7, 11) is 0. The van der Waals surface area contributed by atoms with Gasteiger partial charge in [0.1, 0.15) is 17.4 Å². The predicted molar refractivity (Wildman–Crippen MR) is 118 cm³/mol. The summed E-state index contributed by atoms with van der Waals surface area (Å²) >= 11 is 7.34. The lowest BCUT2D eigenvalue weighted by atomic mass is 10.2. The molecule has 2 aromatic carbocycles. The Labute approximate surface area is 183 Å². The first-order valence-electron chi connectivity index (χ1n) is 9.32. The summed E-state index contributed by atoms with van der Waals surface area (Å²) < 4.78 is 7.54. The number of halogens is 1. The Morgan fingerprint density at radius 2 is 1.93 bits per heavy atom. The van der Waals surface area contributed by atoms with Gasteiger partial charge in [-0.3, -0.25) is 9.48 Å². The number of amides is 1. The van der Waals surface area contributed by atoms with Gasteiger partial charge >= 0.3 is 0 Å². The number of anilines is 1. The molecule has 0 saturated carbocycles. The smallest absolute Gasteiger partial charge is 0.230 e. The molecule has 0 fully saturated rings. The van der Waals surface area contributed by atoms with Crippen LogP contribution in [0.3, 0.4) is 0 Å². The molecule has 0 atom stereocenters. The second-order valence-electron chi connectivity index (χ2n) is 6.60. The van der Waals surface area contributed by atoms with Crippen LogP contribution in [0.1, 0.15) is 16.3 Å². The molecule has 2 heterocycles. The predicted octanol–water partition coefficient (Wildman–Crippen LogP) is 4.80. The molecule has 0 aliphatic carbocycles. The quantitative estimate of drug-likeness (QED) is 0.429. The molecule has 8 heteroatoms. The molecule has 6 nitrogen and oxygen atoms in total. The topological polar surface area (TPSA) is 69.0 Å². The van der Waals surface area contributed by atoms with E-state index in [4.69, 9.17) is 16.3 Å². The molecular formula is C22H19ClN4O2S. The third-order valence-electron chi connectivity index (χ3n) is 4.26. The molecule has 4 rings (SSSR count). The molecule has 0 radical (unpaired) electrons. The van der Waals surface area contributed by atoms with Crippen molar-refractivity contribution >= 4 is 34.5 Å². The van der Waals surface area contributed by atoms with E-state index in [1.807, 2.05) is 58.7 Å². The maximum Gasteiger partial charge on any atom is 0.230 e. The summed E-state index contributed by atoms with van der Waals surface area (Å²) in [5.41, 5.74) is 2.59. The molecule has 1 N–H and O–H groups in total. The molecule has 152 valence electrons. The van der Waals surface area contributed by atoms with Crippen molar-refractivity contribution in [1.82, 2.24) is 14.8 Å². The van der Waals surface area contributed by atoms with E-state index >= 15 is 0 Å². The summed E-state index contributed by atoms with van der Waals surface area (Å²) in [6.07, 6.45) is 3.88. The maximum atomic E-state index is 12.3. The summed E-state index contributed by atoms with van der Waals surface area (Å²) in [6, 6.07) is 16.8. The van der Waals surface area contributed by atoms with Crippen LogP contribution in [0, 0.1) is 0 Å². The van der Waals surface area contributed by atoms with E-state index in [-0.39, 0.29) is 12.3 Å². The molecule has 4 aromatic rings. The Kier molecular flexibility index (Phi) is 6.41. The van der Waals surface area contributed by atoms with Gasteiger partial charge in [0.05, 0.1) is 18.7 Å². The number of carbonyl (C=O) groups excluding carboxylic acids is 1. The number of hydrogen-bond acceptors (Lipinski definition) is 5. The highest BCUT2D eigenvalue weighted by atomic mass is 35.5. The zero-order valence-corrected chi connectivity index (χ0v) is 17.6. The number of rotatable bonds is 8. The van der Waals surface area contributed by atoms with Crippen LogP contribution in [-0.2, 0) is 24.4 Å². The standard InChI is InChI=1S/C22H19ClN4O2S/c23-17-4-8-20(9-5-17)29-14-22-26-19(15-30-22)12-21(28)25-18-6-2-16(3-7-18)13-27-11-1-10-24-27/h1-11,15H,12-14H2,(H,25,28). The second kappa shape index (κ2) is 9.56. The van der Waals surface area contributed by atoms with Crippen molar-refractivity contribution in [2.24, 2.45) is 0 Å². The number of ether oxygens (including phenoxy) is 1. The molecule has 0 saturated heterocycles. The van der Waals surface area contributed by atoms with Crippen LogP contribution in [0.15, 0.2) is 72.4 Å². The van der Waals surface area contributed by atoms with E-state index in [0.29, 0.717) is 18.2 Å². The number of hydrogen-bond donors (Lipinski definition) is 1. The Balaban J connectivity index is 1.26. The molecule has 0 aliphatic rings. The van der Waals surface area contributed by atoms with Crippen LogP contribution >= 0.6 is 22.9 Å². The minimum Gasteiger partial charge on any atom is -0.486 e. The number of thiazole rings is 1. The molecule has 0 spiro atoms. The van der Waals surface area contributed by atoms with Gasteiger partial charge in [-0.15, -0.1) is 11.3 Å². The van der Waals surface area contributed by atoms with Gasteiger partial charge in [0.2, 0.25) is 5.91 Å². The van der Waals surface area contributed by atoms with Crippen molar-refractivity contribution in [3.8, 4) is 5.75 Å². The number of benzene rings is 2. The monoisotopic (exact) mass is 438 g/mol. The van der Waals surface area contributed by atoms with Crippen molar-refractivity contribution in [2.45, 2.75) is 19.6 Å². The van der Waals surface area contributed by atoms with E-state index in [9.17, 15) is 4.79 Å². The lowest BCUT2D eigenvalue weighted by molar-refractivity contribution is -0.115. The van der Waals surface area contributed by atoms with E-state index in [0.717, 1.165) is 27.7 Å². The first kappa shape index (κ1) is 20.1. The Bertz CT molecular complexity index is 1090. The van der Waals surface area contributed by atoms with Crippen LogP contribution in [-0.4, -0.2) is 20.7 Å². The van der Waals surface area contributed by atoms with E-state index < -0.39 is 0 Å². The lowest BCUT2D eigenvalue weighted by Crippen LogP contribution is -2.14. The Hall–Kier alpha value is -3.16. The van der Waals surface area contributed by atoms with Crippen molar-refractivity contribution < 1.29 is 9.53 Å². The number of nitrogens with one attached hydrogen (secondary N) is 1. The first-order chi connectivity index (χ1) is 14.6. The first-order valence-corrected chi connectivity index (χ1v) is 10.6. The average Bonchev–Trinajstić information content (AvgIpc) is 3.41. The summed E-state index contributed by atoms with van der Waals surface area (Å²) in [6.45, 7) is 1.05. The number of aromatic nitrogens is 3. The van der Waals surface area contributed by atoms with Crippen molar-refractivity contribution in [3.63, 3.8) is 0 Å². The fraction of sp³-hybridized carbons (Fsp3) is 0.136. The molecule has 0 unspecified atom stereocenters.